The Morgan fingerprint density at radius 1 is 1.58 bits per heavy atom. The normalized spacial score (nSPS) is 30.5. The maximum Gasteiger partial charge on any atom is 0.360 e. The van der Waals surface area contributed by atoms with E-state index >= 15 is 0 Å². The number of carbonyl (C=O) groups is 1. The number of methoxy groups -OCH3 is 1. The summed E-state index contributed by atoms with van der Waals surface area (Å²) in [6.45, 7) is -0.451. The summed E-state index contributed by atoms with van der Waals surface area (Å²) in [6, 6.07) is 0. The smallest absolute Gasteiger partial charge is 0.360 e. The van der Waals surface area contributed by atoms with Gasteiger partial charge in [0.05, 0.1) is 20.0 Å². The molecule has 4 unspecified atom stereocenters. The summed E-state index contributed by atoms with van der Waals surface area (Å²) in [6.07, 6.45) is -3.30. The molecule has 1 aliphatic heterocycles. The fourth-order valence-corrected chi connectivity index (χ4v) is 1.94. The minimum Gasteiger partial charge on any atom is -0.464 e. The van der Waals surface area contributed by atoms with Crippen molar-refractivity contribution in [3.63, 3.8) is 0 Å². The first-order chi connectivity index (χ1) is 9.01. The fourth-order valence-electron chi connectivity index (χ4n) is 1.94. The summed E-state index contributed by atoms with van der Waals surface area (Å²) in [5.74, 6) is -0.773. The molecule has 0 saturated carbocycles. The number of aliphatic hydroxyl groups excluding tert-OH is 3. The number of nitrogen functional groups attached to an aromatic ring is 1. The number of ether oxygens (including phenoxy) is 2. The van der Waals surface area contributed by atoms with Gasteiger partial charge in [0.15, 0.2) is 11.9 Å². The summed E-state index contributed by atoms with van der Waals surface area (Å²) in [4.78, 5) is 15.1. The molecule has 106 valence electrons. The van der Waals surface area contributed by atoms with E-state index in [1.165, 1.54) is 18.0 Å². The van der Waals surface area contributed by atoms with Gasteiger partial charge in [-0.2, -0.15) is 0 Å². The Morgan fingerprint density at radius 3 is 2.79 bits per heavy atom. The molecule has 0 spiro atoms. The third-order valence-electron chi connectivity index (χ3n) is 3.00. The number of hydrogen-bond donors (Lipinski definition) is 4. The van der Waals surface area contributed by atoms with Crippen molar-refractivity contribution in [3.8, 4) is 0 Å². The van der Waals surface area contributed by atoms with E-state index in [1.54, 1.807) is 0 Å². The lowest BCUT2D eigenvalue weighted by molar-refractivity contribution is -0.0518. The van der Waals surface area contributed by atoms with E-state index in [0.29, 0.717) is 0 Å². The second kappa shape index (κ2) is 5.13. The van der Waals surface area contributed by atoms with Gasteiger partial charge >= 0.3 is 5.97 Å². The molecule has 1 saturated heterocycles. The Hall–Kier alpha value is -1.68. The Balaban J connectivity index is 2.28. The molecule has 1 aliphatic rings. The number of esters is 1. The molecule has 1 aromatic heterocycles. The highest BCUT2D eigenvalue weighted by Gasteiger charge is 2.44. The lowest BCUT2D eigenvalue weighted by Crippen LogP contribution is -2.33. The molecule has 0 radical (unpaired) electrons. The highest BCUT2D eigenvalue weighted by molar-refractivity contribution is 5.92. The van der Waals surface area contributed by atoms with Gasteiger partial charge in [-0.3, -0.25) is 4.57 Å². The third-order valence-corrected chi connectivity index (χ3v) is 3.00. The van der Waals surface area contributed by atoms with E-state index in [4.69, 9.17) is 15.6 Å². The molecule has 2 rings (SSSR count). The van der Waals surface area contributed by atoms with Crippen LogP contribution in [0.15, 0.2) is 6.33 Å². The number of hydrogen-bond acceptors (Lipinski definition) is 8. The molecule has 2 heterocycles. The predicted molar refractivity (Wildman–Crippen MR) is 61.0 cm³/mol. The van der Waals surface area contributed by atoms with Gasteiger partial charge in [0.1, 0.15) is 24.1 Å². The average Bonchev–Trinajstić information content (AvgIpc) is 2.91. The minimum atomic E-state index is -1.29. The lowest BCUT2D eigenvalue weighted by atomic mass is 10.1. The standard InChI is InChI=1S/C10H15N3O6/c1-18-10(17)5-8(11)13(3-12-5)9-7(16)6(15)4(2-14)19-9/h3-4,6-7,9,14-16H,2,11H2,1H3. The highest BCUT2D eigenvalue weighted by Crippen LogP contribution is 2.31. The van der Waals surface area contributed by atoms with E-state index in [1.807, 2.05) is 0 Å². The summed E-state index contributed by atoms with van der Waals surface area (Å²) < 4.78 is 11.0. The SMILES string of the molecule is COC(=O)c1ncn(C2OC(CO)C(O)C2O)c1N. The van der Waals surface area contributed by atoms with Crippen LogP contribution in [-0.4, -0.2) is 62.9 Å². The van der Waals surface area contributed by atoms with Crippen molar-refractivity contribution in [1.82, 2.24) is 9.55 Å². The van der Waals surface area contributed by atoms with E-state index in [2.05, 4.69) is 9.72 Å². The van der Waals surface area contributed by atoms with Crippen molar-refractivity contribution in [3.05, 3.63) is 12.0 Å². The zero-order chi connectivity index (χ0) is 14.2. The van der Waals surface area contributed by atoms with Crippen LogP contribution in [0.4, 0.5) is 5.82 Å². The summed E-state index contributed by atoms with van der Waals surface area (Å²) in [5, 5.41) is 28.5. The molecular weight excluding hydrogens is 258 g/mol. The van der Waals surface area contributed by atoms with Crippen LogP contribution in [0.2, 0.25) is 0 Å². The average molecular weight is 273 g/mol. The Labute approximate surface area is 108 Å². The maximum atomic E-state index is 11.4. The molecule has 0 aromatic carbocycles. The van der Waals surface area contributed by atoms with Crippen LogP contribution >= 0.6 is 0 Å². The van der Waals surface area contributed by atoms with Gasteiger partial charge < -0.3 is 30.5 Å². The molecule has 1 fully saturated rings. The van der Waals surface area contributed by atoms with Gasteiger partial charge in [-0.05, 0) is 0 Å². The van der Waals surface area contributed by atoms with E-state index in [0.717, 1.165) is 0 Å². The number of rotatable bonds is 3. The molecule has 4 atom stereocenters. The van der Waals surface area contributed by atoms with Crippen LogP contribution in [0.3, 0.4) is 0 Å². The summed E-state index contributed by atoms with van der Waals surface area (Å²) in [5.41, 5.74) is 5.61. The van der Waals surface area contributed by atoms with Crippen molar-refractivity contribution in [2.75, 3.05) is 19.5 Å². The van der Waals surface area contributed by atoms with Gasteiger partial charge in [-0.1, -0.05) is 0 Å². The number of anilines is 1. The lowest BCUT2D eigenvalue weighted by Gasteiger charge is -2.17. The molecule has 9 nitrogen and oxygen atoms in total. The predicted octanol–water partition coefficient (Wildman–Crippen LogP) is -2.14. The van der Waals surface area contributed by atoms with Gasteiger partial charge in [0.2, 0.25) is 0 Å². The van der Waals surface area contributed by atoms with Gasteiger partial charge in [0.25, 0.3) is 0 Å². The fraction of sp³-hybridized carbons (Fsp3) is 0.600. The van der Waals surface area contributed by atoms with Crippen LogP contribution in [0.25, 0.3) is 0 Å². The van der Waals surface area contributed by atoms with Crippen molar-refractivity contribution in [1.29, 1.82) is 0 Å². The first-order valence-electron chi connectivity index (χ1n) is 5.54. The zero-order valence-electron chi connectivity index (χ0n) is 10.1. The highest BCUT2D eigenvalue weighted by atomic mass is 16.6. The molecule has 1 aromatic rings. The molecule has 0 amide bonds. The van der Waals surface area contributed by atoms with Gasteiger partial charge in [0, 0.05) is 0 Å². The van der Waals surface area contributed by atoms with Gasteiger partial charge in [-0.25, -0.2) is 9.78 Å². The monoisotopic (exact) mass is 273 g/mol. The molecule has 19 heavy (non-hydrogen) atoms. The molecule has 5 N–H and O–H groups in total. The first-order valence-corrected chi connectivity index (χ1v) is 5.54. The Bertz CT molecular complexity index is 476. The van der Waals surface area contributed by atoms with Crippen LogP contribution in [0.5, 0.6) is 0 Å². The van der Waals surface area contributed by atoms with Crippen molar-refractivity contribution >= 4 is 11.8 Å². The maximum absolute atomic E-state index is 11.4. The first kappa shape index (κ1) is 13.7. The number of nitrogens with zero attached hydrogens (tertiary/aromatic N) is 2. The molecule has 0 aliphatic carbocycles. The zero-order valence-corrected chi connectivity index (χ0v) is 10.1. The molecule has 0 bridgehead atoms. The van der Waals surface area contributed by atoms with Crippen LogP contribution < -0.4 is 5.73 Å². The van der Waals surface area contributed by atoms with E-state index in [9.17, 15) is 15.0 Å². The topological polar surface area (TPSA) is 140 Å². The molecule has 9 heteroatoms. The number of aliphatic hydroxyl groups is 3. The van der Waals surface area contributed by atoms with Crippen molar-refractivity contribution in [2.45, 2.75) is 24.5 Å². The van der Waals surface area contributed by atoms with Gasteiger partial charge in [-0.15, -0.1) is 0 Å². The second-order valence-electron chi connectivity index (χ2n) is 4.11. The minimum absolute atomic E-state index is 0.0540. The number of carbonyl (C=O) groups excluding carboxylic acids is 1. The van der Waals surface area contributed by atoms with E-state index < -0.39 is 37.1 Å². The molecular formula is C10H15N3O6. The van der Waals surface area contributed by atoms with E-state index in [-0.39, 0.29) is 11.5 Å². The Kier molecular flexibility index (Phi) is 3.71. The number of nitrogens with two attached hydrogens (primary N) is 1. The van der Waals surface area contributed by atoms with Crippen molar-refractivity contribution < 1.29 is 29.6 Å². The second-order valence-corrected chi connectivity index (χ2v) is 4.11. The third kappa shape index (κ3) is 2.16. The van der Waals surface area contributed by atoms with Crippen molar-refractivity contribution in [2.24, 2.45) is 0 Å². The van der Waals surface area contributed by atoms with Crippen LogP contribution in [0, 0.1) is 0 Å². The summed E-state index contributed by atoms with van der Waals surface area (Å²) >= 11 is 0. The summed E-state index contributed by atoms with van der Waals surface area (Å²) in [7, 11) is 1.19. The number of imidazole rings is 1. The Morgan fingerprint density at radius 2 is 2.26 bits per heavy atom. The number of aromatic nitrogens is 2. The van der Waals surface area contributed by atoms with Crippen LogP contribution in [0.1, 0.15) is 16.7 Å². The quantitative estimate of drug-likeness (QED) is 0.457. The van der Waals surface area contributed by atoms with Crippen LogP contribution in [-0.2, 0) is 9.47 Å². The largest absolute Gasteiger partial charge is 0.464 e.